The fraction of sp³-hybridized carbons (Fsp3) is 0.157. The third-order valence-electron chi connectivity index (χ3n) is 19.5. The molecular weight excluding hydrogens is 1470 g/mol. The van der Waals surface area contributed by atoms with Gasteiger partial charge in [0.15, 0.2) is 11.4 Å². The zero-order valence-electron chi connectivity index (χ0n) is 62.3. The number of rotatable bonds is 18. The Balaban J connectivity index is 0.000000150. The van der Waals surface area contributed by atoms with Crippen molar-refractivity contribution in [2.24, 2.45) is 0 Å². The van der Waals surface area contributed by atoms with Gasteiger partial charge < -0.3 is 54.0 Å². The van der Waals surface area contributed by atoms with Crippen LogP contribution in [0.2, 0.25) is 0 Å². The van der Waals surface area contributed by atoms with Gasteiger partial charge >= 0.3 is 17.9 Å². The van der Waals surface area contributed by atoms with Crippen LogP contribution in [-0.2, 0) is 14.4 Å². The highest BCUT2D eigenvalue weighted by Gasteiger charge is 2.36. The second-order valence-electron chi connectivity index (χ2n) is 26.7. The van der Waals surface area contributed by atoms with E-state index in [4.69, 9.17) is 14.2 Å². The standard InChI is InChI=1S/C30H24FN3O5.C30H26FN3O4.C29H25FN4O4/c1-33(29(36)27(19-8-4-2-5-9-19)20-10-6-3-7-11-20)24-18-32-26(17-22(24)30(37)38)34-14-15-39-25-13-12-21(31)16-23(25)28(34)35;1-33(29(35)27(20-9-4-2-5-10-20)21-11-6-3-7-12-21)23-14-16-26(32-28(23)30(36)37)34-17-8-18-38-25-15-13-22(31)19-24(25)34;1-33(27(35)25(19-9-4-2-5-10-19)20-11-6-3-7-12-20)23-18-31-29(32-26(23)28(36)37)34-15-8-16-38-24-14-13-21(30)17-22(24)34/h2-13,16-18,27H,14-15H2,1H3,(H,37,38);2-7,9-16,19,27H,8,17-18H2,1H3,(H,36,37);2-7,9-14,17-18,25H,8,15-16H2,1H3,(H,36,37). The summed E-state index contributed by atoms with van der Waals surface area (Å²) in [7, 11) is 4.56. The third-order valence-corrected chi connectivity index (χ3v) is 19.5. The number of amides is 4. The number of ether oxygens (including phenoxy) is 3. The van der Waals surface area contributed by atoms with E-state index in [-0.39, 0.29) is 88.0 Å². The molecule has 0 unspecified atom stereocenters. The Kier molecular flexibility index (Phi) is 24.3. The summed E-state index contributed by atoms with van der Waals surface area (Å²) in [6.07, 6.45) is 3.81. The molecule has 0 fully saturated rings. The van der Waals surface area contributed by atoms with Crippen LogP contribution in [0.15, 0.2) is 267 Å². The van der Waals surface area contributed by atoms with Crippen molar-refractivity contribution in [3.05, 3.63) is 341 Å². The van der Waals surface area contributed by atoms with Crippen molar-refractivity contribution in [3.63, 3.8) is 0 Å². The zero-order valence-corrected chi connectivity index (χ0v) is 62.3. The summed E-state index contributed by atoms with van der Waals surface area (Å²) in [5, 5.41) is 30.2. The van der Waals surface area contributed by atoms with Gasteiger partial charge in [0, 0.05) is 46.4 Å². The number of likely N-dealkylation sites (N-methyl/N-ethyl adjacent to an activating group) is 3. The molecule has 12 aromatic rings. The van der Waals surface area contributed by atoms with Crippen LogP contribution >= 0.6 is 0 Å². The van der Waals surface area contributed by atoms with Crippen molar-refractivity contribution in [1.82, 2.24) is 19.9 Å². The summed E-state index contributed by atoms with van der Waals surface area (Å²) >= 11 is 0. The molecule has 0 aliphatic carbocycles. The SMILES string of the molecule is CN(C(=O)C(c1ccccc1)c1ccccc1)c1ccc(N2CCCOc3ccc(F)cc32)nc1C(=O)O.CN(C(=O)C(c1ccccc1)c1ccccc1)c1cnc(N2CCCOc3ccc(F)cc32)nc1C(=O)O.CN(C(=O)C(c1ccccc1)c1ccccc1)c1cnc(N2CCOc3ccc(F)cc3C2=O)cc1C(=O)O. The van der Waals surface area contributed by atoms with E-state index in [9.17, 15) is 62.1 Å². The predicted molar refractivity (Wildman–Crippen MR) is 426 cm³/mol. The topological polar surface area (TPSA) is 279 Å². The maximum absolute atomic E-state index is 14.1. The van der Waals surface area contributed by atoms with Gasteiger partial charge in [-0.2, -0.15) is 0 Å². The van der Waals surface area contributed by atoms with Gasteiger partial charge in [0.05, 0.1) is 89.5 Å². The van der Waals surface area contributed by atoms with Crippen molar-refractivity contribution in [2.45, 2.75) is 30.6 Å². The van der Waals surface area contributed by atoms with Crippen LogP contribution in [0.4, 0.5) is 59.2 Å². The highest BCUT2D eigenvalue weighted by atomic mass is 19.1. The summed E-state index contributed by atoms with van der Waals surface area (Å²) in [6.45, 7) is 1.88. The van der Waals surface area contributed by atoms with E-state index in [2.05, 4.69) is 19.9 Å². The Labute approximate surface area is 659 Å². The van der Waals surface area contributed by atoms with E-state index in [1.54, 1.807) is 35.0 Å². The molecule has 3 aliphatic heterocycles. The number of aromatic carboxylic acids is 3. The first-order chi connectivity index (χ1) is 55.7. The van der Waals surface area contributed by atoms with E-state index >= 15 is 0 Å². The molecule has 0 atom stereocenters. The third kappa shape index (κ3) is 17.6. The average Bonchev–Trinajstić information content (AvgIpc) is 1.72. The largest absolute Gasteiger partial charge is 0.491 e. The first kappa shape index (κ1) is 78.6. The van der Waals surface area contributed by atoms with E-state index in [1.807, 2.05) is 182 Å². The zero-order chi connectivity index (χ0) is 80.8. The van der Waals surface area contributed by atoms with Crippen LogP contribution < -0.4 is 43.6 Å². The Morgan fingerprint density at radius 2 is 0.765 bits per heavy atom. The number of anilines is 8. The summed E-state index contributed by atoms with van der Waals surface area (Å²) in [5.41, 5.74) is 4.97. The number of carbonyl (C=O) groups is 7. The normalized spacial score (nSPS) is 12.9. The van der Waals surface area contributed by atoms with Crippen molar-refractivity contribution in [3.8, 4) is 17.2 Å². The van der Waals surface area contributed by atoms with Gasteiger partial charge in [-0.1, -0.05) is 182 Å². The number of carbonyl (C=O) groups excluding carboxylic acids is 4. The van der Waals surface area contributed by atoms with Crippen LogP contribution in [0.5, 0.6) is 17.2 Å². The van der Waals surface area contributed by atoms with Gasteiger partial charge in [0.2, 0.25) is 23.7 Å². The Morgan fingerprint density at radius 1 is 0.383 bits per heavy atom. The molecule has 0 bridgehead atoms. The van der Waals surface area contributed by atoms with E-state index < -0.39 is 59.0 Å². The van der Waals surface area contributed by atoms with Crippen LogP contribution in [0.1, 0.15) is 106 Å². The number of halogens is 3. The van der Waals surface area contributed by atoms with Crippen molar-refractivity contribution >= 4 is 87.6 Å². The van der Waals surface area contributed by atoms with Crippen molar-refractivity contribution in [2.75, 3.05) is 90.0 Å². The van der Waals surface area contributed by atoms with E-state index in [1.165, 1.54) is 94.6 Å². The van der Waals surface area contributed by atoms with E-state index in [0.717, 1.165) is 39.4 Å². The first-order valence-corrected chi connectivity index (χ1v) is 36.6. The number of carboxylic acids is 3. The molecular formula is C89H75F3N10O13. The summed E-state index contributed by atoms with van der Waals surface area (Å²) in [6, 6.07) is 72.2. The van der Waals surface area contributed by atoms with Gasteiger partial charge in [-0.25, -0.2) is 47.5 Å². The minimum absolute atomic E-state index is 0.0103. The van der Waals surface area contributed by atoms with E-state index in [0.29, 0.717) is 67.8 Å². The van der Waals surface area contributed by atoms with Crippen LogP contribution in [-0.4, -0.2) is 137 Å². The second-order valence-corrected chi connectivity index (χ2v) is 26.7. The van der Waals surface area contributed by atoms with Crippen LogP contribution in [0, 0.1) is 17.5 Å². The summed E-state index contributed by atoms with van der Waals surface area (Å²) in [5.74, 6) is -7.31. The van der Waals surface area contributed by atoms with Crippen LogP contribution in [0.25, 0.3) is 0 Å². The number of hydrogen-bond acceptors (Lipinski definition) is 16. The molecule has 26 heteroatoms. The van der Waals surface area contributed by atoms with Crippen molar-refractivity contribution < 1.29 is 76.3 Å². The number of fused-ring (bicyclic) bond motifs is 3. The van der Waals surface area contributed by atoms with Gasteiger partial charge in [-0.15, -0.1) is 0 Å². The molecule has 3 aromatic heterocycles. The van der Waals surface area contributed by atoms with Crippen LogP contribution in [0.3, 0.4) is 0 Å². The maximum atomic E-state index is 14.1. The molecule has 3 aliphatic rings. The Hall–Kier alpha value is -14.6. The smallest absolute Gasteiger partial charge is 0.356 e. The maximum Gasteiger partial charge on any atom is 0.356 e. The number of pyridine rings is 2. The number of carboxylic acid groups (broad SMARTS) is 3. The number of nitrogens with zero attached hydrogens (tertiary/aromatic N) is 10. The van der Waals surface area contributed by atoms with Gasteiger partial charge in [0.25, 0.3) is 5.91 Å². The first-order valence-electron chi connectivity index (χ1n) is 36.6. The molecule has 4 amide bonds. The fourth-order valence-electron chi connectivity index (χ4n) is 13.8. The molecule has 6 heterocycles. The molecule has 115 heavy (non-hydrogen) atoms. The summed E-state index contributed by atoms with van der Waals surface area (Å²) in [4.78, 5) is 118. The molecule has 9 aromatic carbocycles. The molecule has 3 N–H and O–H groups in total. The van der Waals surface area contributed by atoms with Gasteiger partial charge in [0.1, 0.15) is 52.9 Å². The minimum Gasteiger partial charge on any atom is -0.491 e. The van der Waals surface area contributed by atoms with Gasteiger partial charge in [-0.05, 0) is 107 Å². The lowest BCUT2D eigenvalue weighted by Gasteiger charge is -2.27. The number of hydrogen-bond donors (Lipinski definition) is 3. The lowest BCUT2D eigenvalue weighted by Crippen LogP contribution is -2.35. The predicted octanol–water partition coefficient (Wildman–Crippen LogP) is 15.4. The molecule has 0 saturated heterocycles. The molecule has 15 rings (SSSR count). The Morgan fingerprint density at radius 3 is 1.21 bits per heavy atom. The quantitative estimate of drug-likeness (QED) is 0.0720. The average molecular weight is 1550 g/mol. The second kappa shape index (κ2) is 35.6. The number of aromatic nitrogens is 4. The molecule has 0 saturated carbocycles. The Bertz CT molecular complexity index is 5210. The molecule has 0 radical (unpaired) electrons. The highest BCUT2D eigenvalue weighted by molar-refractivity contribution is 6.10. The van der Waals surface area contributed by atoms with Gasteiger partial charge in [-0.3, -0.25) is 24.1 Å². The fourth-order valence-corrected chi connectivity index (χ4v) is 13.8. The molecule has 580 valence electrons. The monoisotopic (exact) mass is 1550 g/mol. The molecule has 23 nitrogen and oxygen atoms in total. The highest BCUT2D eigenvalue weighted by Crippen LogP contribution is 2.41. The molecule has 0 spiro atoms. The lowest BCUT2D eigenvalue weighted by molar-refractivity contribution is -0.119. The summed E-state index contributed by atoms with van der Waals surface area (Å²) < 4.78 is 59.1. The van der Waals surface area contributed by atoms with Crippen molar-refractivity contribution in [1.29, 1.82) is 0 Å². The lowest BCUT2D eigenvalue weighted by atomic mass is 9.90. The number of benzene rings is 9. The minimum atomic E-state index is -1.31.